The number of aromatic nitrogens is 2. The van der Waals surface area contributed by atoms with Crippen LogP contribution < -0.4 is 4.74 Å². The Morgan fingerprint density at radius 3 is 2.73 bits per heavy atom. The molecule has 0 atom stereocenters. The highest BCUT2D eigenvalue weighted by Gasteiger charge is 2.04. The van der Waals surface area contributed by atoms with Crippen molar-refractivity contribution in [1.29, 1.82) is 0 Å². The van der Waals surface area contributed by atoms with Crippen molar-refractivity contribution in [2.75, 3.05) is 7.11 Å². The molecule has 0 saturated carbocycles. The first-order valence-corrected chi connectivity index (χ1v) is 5.35. The zero-order chi connectivity index (χ0) is 10.8. The maximum absolute atomic E-state index is 5.21. The summed E-state index contributed by atoms with van der Waals surface area (Å²) in [5.41, 5.74) is 3.21. The van der Waals surface area contributed by atoms with E-state index in [2.05, 4.69) is 32.0 Å². The van der Waals surface area contributed by atoms with Gasteiger partial charge in [-0.2, -0.15) is 0 Å². The average molecular weight is 267 g/mol. The molecule has 0 fully saturated rings. The van der Waals surface area contributed by atoms with Gasteiger partial charge in [-0.1, -0.05) is 0 Å². The summed E-state index contributed by atoms with van der Waals surface area (Å²) in [6.45, 7) is 2.02. The Balaban J connectivity index is 2.42. The van der Waals surface area contributed by atoms with Crippen LogP contribution in [0.25, 0.3) is 11.3 Å². The number of nitrogens with zero attached hydrogens (tertiary/aromatic N) is 1. The fraction of sp³-hybridized carbons (Fsp3) is 0.182. The van der Waals surface area contributed by atoms with E-state index in [1.165, 1.54) is 0 Å². The molecule has 1 heterocycles. The minimum atomic E-state index is 0.742. The molecule has 0 bridgehead atoms. The monoisotopic (exact) mass is 266 g/mol. The van der Waals surface area contributed by atoms with E-state index in [-0.39, 0.29) is 0 Å². The van der Waals surface area contributed by atoms with Gasteiger partial charge in [0, 0.05) is 5.56 Å². The molecule has 3 nitrogen and oxygen atoms in total. The lowest BCUT2D eigenvalue weighted by Crippen LogP contribution is -1.87. The van der Waals surface area contributed by atoms with Crippen molar-refractivity contribution < 1.29 is 4.74 Å². The van der Waals surface area contributed by atoms with E-state index in [9.17, 15) is 0 Å². The highest BCUT2D eigenvalue weighted by molar-refractivity contribution is 9.10. The minimum Gasteiger partial charge on any atom is -0.496 e. The van der Waals surface area contributed by atoms with Crippen LogP contribution in [0.15, 0.2) is 29.1 Å². The van der Waals surface area contributed by atoms with Crippen molar-refractivity contribution in [1.82, 2.24) is 9.97 Å². The summed E-state index contributed by atoms with van der Waals surface area (Å²) in [5, 5.41) is 0. The van der Waals surface area contributed by atoms with E-state index in [1.807, 2.05) is 19.1 Å². The lowest BCUT2D eigenvalue weighted by Gasteiger charge is -2.05. The molecule has 0 spiro atoms. The molecule has 2 rings (SSSR count). The number of benzene rings is 1. The third-order valence-corrected chi connectivity index (χ3v) is 2.65. The summed E-state index contributed by atoms with van der Waals surface area (Å²) in [6.07, 6.45) is 1.80. The number of hydrogen-bond acceptors (Lipinski definition) is 2. The smallest absolute Gasteiger partial charge is 0.174 e. The highest BCUT2D eigenvalue weighted by atomic mass is 79.9. The maximum Gasteiger partial charge on any atom is 0.174 e. The van der Waals surface area contributed by atoms with Crippen molar-refractivity contribution >= 4 is 15.9 Å². The summed E-state index contributed by atoms with van der Waals surface area (Å²) >= 11 is 3.28. The Kier molecular flexibility index (Phi) is 2.77. The topological polar surface area (TPSA) is 37.9 Å². The molecular weight excluding hydrogens is 256 g/mol. The first kappa shape index (κ1) is 10.2. The molecule has 0 aliphatic heterocycles. The van der Waals surface area contributed by atoms with Gasteiger partial charge in [0.2, 0.25) is 0 Å². The van der Waals surface area contributed by atoms with Crippen LogP contribution in [-0.4, -0.2) is 17.1 Å². The summed E-state index contributed by atoms with van der Waals surface area (Å²) in [6, 6.07) is 6.03. The number of aromatic amines is 1. The first-order chi connectivity index (χ1) is 7.20. The van der Waals surface area contributed by atoms with Crippen molar-refractivity contribution in [2.45, 2.75) is 6.92 Å². The molecule has 1 aromatic carbocycles. The van der Waals surface area contributed by atoms with Crippen LogP contribution in [0.5, 0.6) is 5.75 Å². The molecular formula is C11H11BrN2O. The van der Waals surface area contributed by atoms with Crippen molar-refractivity contribution in [3.05, 3.63) is 34.7 Å². The molecule has 0 amide bonds. The molecule has 15 heavy (non-hydrogen) atoms. The van der Waals surface area contributed by atoms with E-state index < -0.39 is 0 Å². The summed E-state index contributed by atoms with van der Waals surface area (Å²) in [7, 11) is 1.68. The van der Waals surface area contributed by atoms with Crippen molar-refractivity contribution in [3.8, 4) is 17.0 Å². The Morgan fingerprint density at radius 2 is 2.20 bits per heavy atom. The van der Waals surface area contributed by atoms with Crippen molar-refractivity contribution in [3.63, 3.8) is 0 Å². The number of aryl methyl sites for hydroxylation is 1. The third-order valence-electron chi connectivity index (χ3n) is 2.25. The van der Waals surface area contributed by atoms with E-state index >= 15 is 0 Å². The second-order valence-corrected chi connectivity index (χ2v) is 4.02. The Labute approximate surface area is 96.6 Å². The molecule has 1 aromatic heterocycles. The third kappa shape index (κ3) is 2.04. The molecule has 78 valence electrons. The normalized spacial score (nSPS) is 10.3. The molecule has 1 N–H and O–H groups in total. The number of ether oxygens (including phenoxy) is 1. The van der Waals surface area contributed by atoms with Gasteiger partial charge in [0.25, 0.3) is 0 Å². The highest BCUT2D eigenvalue weighted by Crippen LogP contribution is 2.25. The van der Waals surface area contributed by atoms with Crippen LogP contribution in [0.3, 0.4) is 0 Å². The lowest BCUT2D eigenvalue weighted by molar-refractivity contribution is 0.412. The van der Waals surface area contributed by atoms with Gasteiger partial charge < -0.3 is 9.72 Å². The van der Waals surface area contributed by atoms with Gasteiger partial charge in [0.1, 0.15) is 5.75 Å². The summed E-state index contributed by atoms with van der Waals surface area (Å²) in [5.74, 6) is 0.900. The SMILES string of the molecule is COc1ccc(-c2cnc(Br)[nH]2)cc1C. The van der Waals surface area contributed by atoms with Crippen LogP contribution in [0.4, 0.5) is 0 Å². The van der Waals surface area contributed by atoms with Gasteiger partial charge in [-0.15, -0.1) is 0 Å². The lowest BCUT2D eigenvalue weighted by atomic mass is 10.1. The fourth-order valence-corrected chi connectivity index (χ4v) is 1.81. The summed E-state index contributed by atoms with van der Waals surface area (Å²) in [4.78, 5) is 7.22. The Hall–Kier alpha value is -1.29. The number of rotatable bonds is 2. The van der Waals surface area contributed by atoms with Gasteiger partial charge in [-0.3, -0.25) is 0 Å². The van der Waals surface area contributed by atoms with Crippen LogP contribution in [-0.2, 0) is 0 Å². The molecule has 2 aromatic rings. The zero-order valence-corrected chi connectivity index (χ0v) is 10.1. The van der Waals surface area contributed by atoms with E-state index in [0.29, 0.717) is 0 Å². The first-order valence-electron chi connectivity index (χ1n) is 4.56. The molecule has 0 saturated heterocycles. The molecule has 0 unspecified atom stereocenters. The number of imidazole rings is 1. The zero-order valence-electron chi connectivity index (χ0n) is 8.54. The van der Waals surface area contributed by atoms with E-state index in [4.69, 9.17) is 4.74 Å². The van der Waals surface area contributed by atoms with Crippen LogP contribution >= 0.6 is 15.9 Å². The van der Waals surface area contributed by atoms with Gasteiger partial charge >= 0.3 is 0 Å². The number of hydrogen-bond donors (Lipinski definition) is 1. The van der Waals surface area contributed by atoms with Gasteiger partial charge in [-0.05, 0) is 46.6 Å². The largest absolute Gasteiger partial charge is 0.496 e. The second kappa shape index (κ2) is 4.06. The molecule has 0 aliphatic rings. The number of methoxy groups -OCH3 is 1. The van der Waals surface area contributed by atoms with Crippen LogP contribution in [0.2, 0.25) is 0 Å². The Morgan fingerprint density at radius 1 is 1.40 bits per heavy atom. The predicted molar refractivity (Wildman–Crippen MR) is 63.0 cm³/mol. The van der Waals surface area contributed by atoms with Crippen LogP contribution in [0.1, 0.15) is 5.56 Å². The quantitative estimate of drug-likeness (QED) is 0.907. The number of nitrogens with one attached hydrogen (secondary N) is 1. The van der Waals surface area contributed by atoms with Gasteiger partial charge in [0.05, 0.1) is 19.0 Å². The van der Waals surface area contributed by atoms with Crippen molar-refractivity contribution in [2.24, 2.45) is 0 Å². The maximum atomic E-state index is 5.21. The molecule has 4 heteroatoms. The standard InChI is InChI=1S/C11H11BrN2O/c1-7-5-8(3-4-10(7)15-2)9-6-13-11(12)14-9/h3-6H,1-2H3,(H,13,14). The predicted octanol–water partition coefficient (Wildman–Crippen LogP) is 3.16. The second-order valence-electron chi connectivity index (χ2n) is 3.27. The molecule has 0 aliphatic carbocycles. The average Bonchev–Trinajstić information content (AvgIpc) is 2.65. The number of halogens is 1. The molecule has 0 radical (unpaired) electrons. The van der Waals surface area contributed by atoms with E-state index in [1.54, 1.807) is 13.3 Å². The van der Waals surface area contributed by atoms with E-state index in [0.717, 1.165) is 27.3 Å². The Bertz CT molecular complexity index is 479. The number of H-pyrrole nitrogens is 1. The van der Waals surface area contributed by atoms with Gasteiger partial charge in [-0.25, -0.2) is 4.98 Å². The fourth-order valence-electron chi connectivity index (χ4n) is 1.49. The van der Waals surface area contributed by atoms with Crippen LogP contribution in [0, 0.1) is 6.92 Å². The van der Waals surface area contributed by atoms with Gasteiger partial charge in [0.15, 0.2) is 4.73 Å². The summed E-state index contributed by atoms with van der Waals surface area (Å²) < 4.78 is 5.95. The minimum absolute atomic E-state index is 0.742.